The van der Waals surface area contributed by atoms with Crippen LogP contribution < -0.4 is 9.62 Å². The first-order valence-electron chi connectivity index (χ1n) is 13.6. The van der Waals surface area contributed by atoms with Crippen molar-refractivity contribution in [2.24, 2.45) is 0 Å². The molecule has 0 unspecified atom stereocenters. The topological polar surface area (TPSA) is 86.8 Å². The number of carbonyl (C=O) groups is 2. The maximum absolute atomic E-state index is 13.9. The molecule has 0 fully saturated rings. The van der Waals surface area contributed by atoms with Crippen molar-refractivity contribution in [2.75, 3.05) is 17.1 Å². The van der Waals surface area contributed by atoms with Crippen LogP contribution in [0, 0.1) is 5.82 Å². The molecule has 7 nitrogen and oxygen atoms in total. The van der Waals surface area contributed by atoms with Crippen LogP contribution in [0.4, 0.5) is 10.1 Å². The molecule has 2 amide bonds. The van der Waals surface area contributed by atoms with Gasteiger partial charge in [-0.15, -0.1) is 0 Å². The van der Waals surface area contributed by atoms with Gasteiger partial charge in [0.15, 0.2) is 0 Å². The Labute approximate surface area is 250 Å². The van der Waals surface area contributed by atoms with E-state index in [1.54, 1.807) is 4.90 Å². The molecular formula is C31H37BrFN3O4S. The fourth-order valence-corrected chi connectivity index (χ4v) is 5.85. The summed E-state index contributed by atoms with van der Waals surface area (Å²) in [7, 11) is -3.67. The Balaban J connectivity index is 1.89. The smallest absolute Gasteiger partial charge is 0.243 e. The van der Waals surface area contributed by atoms with Crippen LogP contribution in [0.2, 0.25) is 0 Å². The number of nitrogens with zero attached hydrogens (tertiary/aromatic N) is 2. The van der Waals surface area contributed by atoms with Gasteiger partial charge in [-0.2, -0.15) is 0 Å². The number of anilines is 1. The third kappa shape index (κ3) is 9.97. The first-order chi connectivity index (χ1) is 19.5. The molecule has 1 N–H and O–H groups in total. The van der Waals surface area contributed by atoms with Crippen LogP contribution in [0.1, 0.15) is 44.2 Å². The molecule has 3 rings (SSSR count). The standard InChI is InChI=1S/C31H37BrFN3O4S/c1-4-23(2)34-31(38)29(21-24-10-6-5-7-11-24)35(22-25-12-8-13-26(32)20-25)30(37)14-9-19-36(41(3,39)40)28-17-15-27(33)16-18-28/h5-8,10-13,15-18,20,23,29H,4,9,14,19,21-22H2,1-3H3,(H,34,38)/t23-,29+/m0/s1. The Morgan fingerprint density at radius 3 is 2.24 bits per heavy atom. The number of nitrogens with one attached hydrogen (secondary N) is 1. The number of amides is 2. The quantitative estimate of drug-likeness (QED) is 0.244. The zero-order valence-electron chi connectivity index (χ0n) is 23.6. The third-order valence-electron chi connectivity index (χ3n) is 6.78. The molecule has 10 heteroatoms. The summed E-state index contributed by atoms with van der Waals surface area (Å²) in [5.74, 6) is -0.978. The first-order valence-corrected chi connectivity index (χ1v) is 16.2. The molecule has 0 aliphatic carbocycles. The van der Waals surface area contributed by atoms with E-state index in [1.807, 2.05) is 68.4 Å². The highest BCUT2D eigenvalue weighted by atomic mass is 79.9. The third-order valence-corrected chi connectivity index (χ3v) is 8.47. The zero-order valence-corrected chi connectivity index (χ0v) is 26.0. The molecule has 0 heterocycles. The van der Waals surface area contributed by atoms with Crippen LogP contribution in [0.15, 0.2) is 83.3 Å². The van der Waals surface area contributed by atoms with E-state index in [-0.39, 0.29) is 43.8 Å². The summed E-state index contributed by atoms with van der Waals surface area (Å²) < 4.78 is 40.5. The highest BCUT2D eigenvalue weighted by molar-refractivity contribution is 9.10. The van der Waals surface area contributed by atoms with Crippen molar-refractivity contribution >= 4 is 43.5 Å². The lowest BCUT2D eigenvalue weighted by atomic mass is 10.0. The number of benzene rings is 3. The van der Waals surface area contributed by atoms with E-state index < -0.39 is 21.9 Å². The summed E-state index contributed by atoms with van der Waals surface area (Å²) in [4.78, 5) is 29.1. The van der Waals surface area contributed by atoms with Crippen molar-refractivity contribution in [3.05, 3.63) is 100 Å². The second-order valence-corrected chi connectivity index (χ2v) is 12.9. The van der Waals surface area contributed by atoms with Gasteiger partial charge in [0.2, 0.25) is 21.8 Å². The summed E-state index contributed by atoms with van der Waals surface area (Å²) in [5, 5.41) is 3.04. The number of sulfonamides is 1. The van der Waals surface area contributed by atoms with Gasteiger partial charge in [0.1, 0.15) is 11.9 Å². The van der Waals surface area contributed by atoms with E-state index in [9.17, 15) is 22.4 Å². The summed E-state index contributed by atoms with van der Waals surface area (Å²) in [5.41, 5.74) is 2.09. The van der Waals surface area contributed by atoms with Crippen LogP contribution in [0.3, 0.4) is 0 Å². The molecule has 2 atom stereocenters. The summed E-state index contributed by atoms with van der Waals surface area (Å²) in [6.07, 6.45) is 2.38. The lowest BCUT2D eigenvalue weighted by Gasteiger charge is -2.32. The summed E-state index contributed by atoms with van der Waals surface area (Å²) >= 11 is 3.49. The van der Waals surface area contributed by atoms with Crippen LogP contribution in [0.5, 0.6) is 0 Å². The maximum atomic E-state index is 13.9. The van der Waals surface area contributed by atoms with Gasteiger partial charge >= 0.3 is 0 Å². The number of rotatable bonds is 14. The Hall–Kier alpha value is -3.24. The lowest BCUT2D eigenvalue weighted by molar-refractivity contribution is -0.141. The molecule has 3 aromatic rings. The molecule has 220 valence electrons. The Kier molecular flexibility index (Phi) is 11.9. The average molecular weight is 647 g/mol. The van der Waals surface area contributed by atoms with Crippen molar-refractivity contribution in [3.8, 4) is 0 Å². The molecule has 0 spiro atoms. The zero-order chi connectivity index (χ0) is 30.0. The predicted octanol–water partition coefficient (Wildman–Crippen LogP) is 5.69. The molecule has 41 heavy (non-hydrogen) atoms. The van der Waals surface area contributed by atoms with Gasteiger partial charge in [0.25, 0.3) is 0 Å². The monoisotopic (exact) mass is 645 g/mol. The summed E-state index contributed by atoms with van der Waals surface area (Å²) in [6.45, 7) is 4.14. The molecule has 0 aliphatic heterocycles. The van der Waals surface area contributed by atoms with Crippen molar-refractivity contribution in [3.63, 3.8) is 0 Å². The fraction of sp³-hybridized carbons (Fsp3) is 0.355. The largest absolute Gasteiger partial charge is 0.352 e. The molecule has 3 aromatic carbocycles. The minimum absolute atomic E-state index is 0.0170. The molecule has 0 saturated carbocycles. The van der Waals surface area contributed by atoms with Gasteiger partial charge in [-0.25, -0.2) is 12.8 Å². The van der Waals surface area contributed by atoms with Gasteiger partial charge in [-0.3, -0.25) is 13.9 Å². The summed E-state index contributed by atoms with van der Waals surface area (Å²) in [6, 6.07) is 21.5. The highest BCUT2D eigenvalue weighted by Crippen LogP contribution is 2.21. The van der Waals surface area contributed by atoms with Crippen LogP contribution in [0.25, 0.3) is 0 Å². The van der Waals surface area contributed by atoms with Gasteiger partial charge in [0, 0.05) is 36.4 Å². The van der Waals surface area contributed by atoms with Gasteiger partial charge in [-0.05, 0) is 67.3 Å². The van der Waals surface area contributed by atoms with Crippen LogP contribution in [-0.4, -0.2) is 50.0 Å². The molecule has 0 aromatic heterocycles. The fourth-order valence-electron chi connectivity index (χ4n) is 4.44. The van der Waals surface area contributed by atoms with Crippen molar-refractivity contribution in [1.82, 2.24) is 10.2 Å². The second kappa shape index (κ2) is 15.1. The van der Waals surface area contributed by atoms with E-state index in [0.29, 0.717) is 12.1 Å². The Morgan fingerprint density at radius 1 is 0.976 bits per heavy atom. The van der Waals surface area contributed by atoms with Crippen LogP contribution in [-0.2, 0) is 32.6 Å². The Morgan fingerprint density at radius 2 is 1.63 bits per heavy atom. The molecule has 0 saturated heterocycles. The number of halogens is 2. The molecule has 0 aliphatic rings. The second-order valence-electron chi connectivity index (χ2n) is 10.1. The average Bonchev–Trinajstić information content (AvgIpc) is 2.93. The minimum Gasteiger partial charge on any atom is -0.352 e. The molecule has 0 bridgehead atoms. The van der Waals surface area contributed by atoms with Gasteiger partial charge < -0.3 is 10.2 Å². The molecular weight excluding hydrogens is 609 g/mol. The maximum Gasteiger partial charge on any atom is 0.243 e. The lowest BCUT2D eigenvalue weighted by Crippen LogP contribution is -2.52. The normalized spacial score (nSPS) is 12.8. The van der Waals surface area contributed by atoms with Gasteiger partial charge in [-0.1, -0.05) is 65.3 Å². The highest BCUT2D eigenvalue weighted by Gasteiger charge is 2.31. The number of hydrogen-bond donors (Lipinski definition) is 1. The van der Waals surface area contributed by atoms with E-state index in [1.165, 1.54) is 24.3 Å². The molecule has 0 radical (unpaired) electrons. The predicted molar refractivity (Wildman–Crippen MR) is 164 cm³/mol. The van der Waals surface area contributed by atoms with Crippen molar-refractivity contribution in [1.29, 1.82) is 0 Å². The van der Waals surface area contributed by atoms with Crippen molar-refractivity contribution < 1.29 is 22.4 Å². The Bertz CT molecular complexity index is 1400. The SMILES string of the molecule is CC[C@H](C)NC(=O)[C@@H](Cc1ccccc1)N(Cc1cccc(Br)c1)C(=O)CCCN(c1ccc(F)cc1)S(C)(=O)=O. The van der Waals surface area contributed by atoms with E-state index >= 15 is 0 Å². The van der Waals surface area contributed by atoms with E-state index in [4.69, 9.17) is 0 Å². The first kappa shape index (κ1) is 32.3. The number of carbonyl (C=O) groups excluding carboxylic acids is 2. The van der Waals surface area contributed by atoms with E-state index in [0.717, 1.165) is 32.6 Å². The van der Waals surface area contributed by atoms with Gasteiger partial charge in [0.05, 0.1) is 11.9 Å². The van der Waals surface area contributed by atoms with E-state index in [2.05, 4.69) is 21.2 Å². The minimum atomic E-state index is -3.67. The number of hydrogen-bond acceptors (Lipinski definition) is 4. The van der Waals surface area contributed by atoms with Crippen molar-refractivity contribution in [2.45, 2.75) is 58.2 Å². The van der Waals surface area contributed by atoms with Crippen LogP contribution >= 0.6 is 15.9 Å².